The first-order valence-corrected chi connectivity index (χ1v) is 9.22. The molecule has 0 aromatic heterocycles. The third-order valence-electron chi connectivity index (χ3n) is 5.89. The highest BCUT2D eigenvalue weighted by Gasteiger charge is 2.44. The average molecular weight is 368 g/mol. The first-order chi connectivity index (χ1) is 12.9. The van der Waals surface area contributed by atoms with Crippen molar-refractivity contribution in [3.63, 3.8) is 0 Å². The summed E-state index contributed by atoms with van der Waals surface area (Å²) in [5.41, 5.74) is 8.90. The number of aromatic hydroxyl groups is 2. The van der Waals surface area contributed by atoms with E-state index in [1.54, 1.807) is 17.9 Å². The second-order valence-electron chi connectivity index (χ2n) is 7.56. The summed E-state index contributed by atoms with van der Waals surface area (Å²) in [6.07, 6.45) is 1.64. The van der Waals surface area contributed by atoms with Gasteiger partial charge in [-0.3, -0.25) is 4.79 Å². The highest BCUT2D eigenvalue weighted by Crippen LogP contribution is 2.46. The summed E-state index contributed by atoms with van der Waals surface area (Å²) in [7, 11) is 0. The molecule has 2 aliphatic rings. The van der Waals surface area contributed by atoms with Crippen molar-refractivity contribution in [2.45, 2.75) is 31.7 Å². The SMILES string of the molecule is Cc1cc(C(=O)N2CCC3(CC2)COc2ccc(CN)cc23)cc(O)c1O. The second-order valence-corrected chi connectivity index (χ2v) is 7.56. The molecule has 0 atom stereocenters. The third kappa shape index (κ3) is 2.90. The molecule has 2 heterocycles. The van der Waals surface area contributed by atoms with E-state index in [1.807, 2.05) is 12.1 Å². The van der Waals surface area contributed by atoms with Gasteiger partial charge in [-0.25, -0.2) is 0 Å². The van der Waals surface area contributed by atoms with Crippen LogP contribution in [0.1, 0.15) is 39.9 Å². The van der Waals surface area contributed by atoms with Gasteiger partial charge >= 0.3 is 0 Å². The van der Waals surface area contributed by atoms with Crippen LogP contribution in [0.3, 0.4) is 0 Å². The summed E-state index contributed by atoms with van der Waals surface area (Å²) in [4.78, 5) is 14.7. The quantitative estimate of drug-likeness (QED) is 0.708. The van der Waals surface area contributed by atoms with Gasteiger partial charge in [0.2, 0.25) is 0 Å². The van der Waals surface area contributed by atoms with Crippen LogP contribution in [-0.4, -0.2) is 40.7 Å². The second kappa shape index (κ2) is 6.46. The Kier molecular flexibility index (Phi) is 4.23. The van der Waals surface area contributed by atoms with Crippen LogP contribution in [0.4, 0.5) is 0 Å². The highest BCUT2D eigenvalue weighted by molar-refractivity contribution is 5.95. The Morgan fingerprint density at radius 1 is 1.22 bits per heavy atom. The number of nitrogens with two attached hydrogens (primary N) is 1. The van der Waals surface area contributed by atoms with Crippen molar-refractivity contribution >= 4 is 5.91 Å². The zero-order valence-corrected chi connectivity index (χ0v) is 15.4. The van der Waals surface area contributed by atoms with Crippen LogP contribution in [-0.2, 0) is 12.0 Å². The molecule has 27 heavy (non-hydrogen) atoms. The van der Waals surface area contributed by atoms with Crippen molar-refractivity contribution in [2.75, 3.05) is 19.7 Å². The van der Waals surface area contributed by atoms with E-state index in [0.29, 0.717) is 37.4 Å². The van der Waals surface area contributed by atoms with Gasteiger partial charge in [0.15, 0.2) is 11.5 Å². The van der Waals surface area contributed by atoms with E-state index >= 15 is 0 Å². The lowest BCUT2D eigenvalue weighted by molar-refractivity contribution is 0.0646. The number of likely N-dealkylation sites (tertiary alicyclic amines) is 1. The van der Waals surface area contributed by atoms with Crippen molar-refractivity contribution in [3.8, 4) is 17.2 Å². The minimum absolute atomic E-state index is 0.0652. The van der Waals surface area contributed by atoms with Crippen LogP contribution < -0.4 is 10.5 Å². The number of aryl methyl sites for hydroxylation is 1. The molecule has 0 radical (unpaired) electrons. The minimum Gasteiger partial charge on any atom is -0.504 e. The average Bonchev–Trinajstić information content (AvgIpc) is 3.03. The van der Waals surface area contributed by atoms with Gasteiger partial charge in [-0.1, -0.05) is 12.1 Å². The maximum Gasteiger partial charge on any atom is 0.254 e. The predicted octanol–water partition coefficient (Wildman–Crippen LogP) is 2.43. The topological polar surface area (TPSA) is 96.0 Å². The maximum absolute atomic E-state index is 12.9. The zero-order chi connectivity index (χ0) is 19.2. The lowest BCUT2D eigenvalue weighted by Gasteiger charge is -2.38. The van der Waals surface area contributed by atoms with E-state index in [4.69, 9.17) is 10.5 Å². The molecule has 0 bridgehead atoms. The fourth-order valence-corrected chi connectivity index (χ4v) is 4.16. The van der Waals surface area contributed by atoms with Crippen molar-refractivity contribution in [2.24, 2.45) is 5.73 Å². The van der Waals surface area contributed by atoms with E-state index < -0.39 is 0 Å². The highest BCUT2D eigenvalue weighted by atomic mass is 16.5. The Labute approximate surface area is 158 Å². The molecule has 2 aromatic rings. The minimum atomic E-state index is -0.265. The number of benzene rings is 2. The molecule has 2 aromatic carbocycles. The molecule has 0 unspecified atom stereocenters. The predicted molar refractivity (Wildman–Crippen MR) is 101 cm³/mol. The summed E-state index contributed by atoms with van der Waals surface area (Å²) < 4.78 is 5.91. The number of carbonyl (C=O) groups excluding carboxylic acids is 1. The Balaban J connectivity index is 1.53. The molecule has 1 saturated heterocycles. The number of amides is 1. The van der Waals surface area contributed by atoms with Crippen LogP contribution in [0.15, 0.2) is 30.3 Å². The van der Waals surface area contributed by atoms with Crippen molar-refractivity contribution in [1.29, 1.82) is 0 Å². The summed E-state index contributed by atoms with van der Waals surface area (Å²) in [6.45, 7) is 4.04. The standard InChI is InChI=1S/C21H24N2O4/c1-13-8-15(10-17(24)19(13)25)20(26)23-6-4-21(5-7-23)12-27-18-3-2-14(11-22)9-16(18)21/h2-3,8-10,24-25H,4-7,11-12,22H2,1H3. The smallest absolute Gasteiger partial charge is 0.254 e. The molecule has 1 amide bonds. The molecule has 0 aliphatic carbocycles. The number of phenolic OH excluding ortho intramolecular Hbond substituents is 2. The zero-order valence-electron chi connectivity index (χ0n) is 15.4. The lowest BCUT2D eigenvalue weighted by atomic mass is 9.74. The van der Waals surface area contributed by atoms with Gasteiger partial charge in [0.05, 0.1) is 6.61 Å². The molecule has 0 saturated carbocycles. The lowest BCUT2D eigenvalue weighted by Crippen LogP contribution is -2.46. The molecule has 6 nitrogen and oxygen atoms in total. The summed E-state index contributed by atoms with van der Waals surface area (Å²) in [5.74, 6) is 0.350. The number of piperidine rings is 1. The molecule has 1 spiro atoms. The normalized spacial score (nSPS) is 17.6. The van der Waals surface area contributed by atoms with Gasteiger partial charge in [0.25, 0.3) is 5.91 Å². The van der Waals surface area contributed by atoms with Gasteiger partial charge in [0.1, 0.15) is 5.75 Å². The van der Waals surface area contributed by atoms with Gasteiger partial charge in [-0.2, -0.15) is 0 Å². The Bertz CT molecular complexity index is 878. The molecule has 4 N–H and O–H groups in total. The number of hydrogen-bond donors (Lipinski definition) is 3. The number of phenols is 2. The first-order valence-electron chi connectivity index (χ1n) is 9.22. The Morgan fingerprint density at radius 3 is 2.63 bits per heavy atom. The first kappa shape index (κ1) is 17.7. The number of hydrogen-bond acceptors (Lipinski definition) is 5. The van der Waals surface area contributed by atoms with E-state index in [2.05, 4.69) is 6.07 Å². The largest absolute Gasteiger partial charge is 0.504 e. The molecule has 142 valence electrons. The van der Waals surface area contributed by atoms with Crippen LogP contribution in [0.2, 0.25) is 0 Å². The third-order valence-corrected chi connectivity index (χ3v) is 5.89. The number of ether oxygens (including phenoxy) is 1. The van der Waals surface area contributed by atoms with Crippen LogP contribution >= 0.6 is 0 Å². The summed E-state index contributed by atoms with van der Waals surface area (Å²) in [5, 5.41) is 19.5. The molecule has 2 aliphatic heterocycles. The van der Waals surface area contributed by atoms with Crippen LogP contribution in [0.5, 0.6) is 17.2 Å². The molecular formula is C21H24N2O4. The van der Waals surface area contributed by atoms with E-state index in [9.17, 15) is 15.0 Å². The van der Waals surface area contributed by atoms with Crippen LogP contribution in [0, 0.1) is 6.92 Å². The van der Waals surface area contributed by atoms with Crippen molar-refractivity contribution in [1.82, 2.24) is 4.90 Å². The van der Waals surface area contributed by atoms with Gasteiger partial charge < -0.3 is 25.6 Å². The number of rotatable bonds is 2. The fourth-order valence-electron chi connectivity index (χ4n) is 4.16. The van der Waals surface area contributed by atoms with Gasteiger partial charge in [-0.05, 0) is 49.1 Å². The van der Waals surface area contributed by atoms with Crippen molar-refractivity contribution in [3.05, 3.63) is 52.6 Å². The summed E-state index contributed by atoms with van der Waals surface area (Å²) >= 11 is 0. The number of nitrogens with zero attached hydrogens (tertiary/aromatic N) is 1. The monoisotopic (exact) mass is 368 g/mol. The Morgan fingerprint density at radius 2 is 1.96 bits per heavy atom. The van der Waals surface area contributed by atoms with Crippen LogP contribution in [0.25, 0.3) is 0 Å². The van der Waals surface area contributed by atoms with Gasteiger partial charge in [-0.15, -0.1) is 0 Å². The maximum atomic E-state index is 12.9. The number of carbonyl (C=O) groups is 1. The van der Waals surface area contributed by atoms with E-state index in [1.165, 1.54) is 11.6 Å². The fraction of sp³-hybridized carbons (Fsp3) is 0.381. The summed E-state index contributed by atoms with van der Waals surface area (Å²) in [6, 6.07) is 9.07. The Hall–Kier alpha value is -2.73. The molecular weight excluding hydrogens is 344 g/mol. The molecule has 4 rings (SSSR count). The molecule has 1 fully saturated rings. The molecule has 6 heteroatoms. The van der Waals surface area contributed by atoms with Gasteiger partial charge in [0, 0.05) is 36.2 Å². The number of fused-ring (bicyclic) bond motifs is 2. The van der Waals surface area contributed by atoms with Crippen molar-refractivity contribution < 1.29 is 19.7 Å². The van der Waals surface area contributed by atoms with E-state index in [-0.39, 0.29) is 22.8 Å². The van der Waals surface area contributed by atoms with E-state index in [0.717, 1.165) is 24.2 Å².